The lowest BCUT2D eigenvalue weighted by molar-refractivity contribution is 0.0342. The Morgan fingerprint density at radius 1 is 1.10 bits per heavy atom. The summed E-state index contributed by atoms with van der Waals surface area (Å²) in [5, 5.41) is 0. The molecule has 31 heavy (non-hydrogen) atoms. The van der Waals surface area contributed by atoms with Crippen LogP contribution in [0.15, 0.2) is 72.3 Å². The smallest absolute Gasteiger partial charge is 0.343 e. The van der Waals surface area contributed by atoms with Crippen LogP contribution in [0.5, 0.6) is 0 Å². The quantitative estimate of drug-likeness (QED) is 0.508. The van der Waals surface area contributed by atoms with E-state index in [0.717, 1.165) is 42.7 Å². The molecule has 4 rings (SSSR count). The molecule has 2 aromatic rings. The predicted octanol–water partition coefficient (Wildman–Crippen LogP) is 2.86. The van der Waals surface area contributed by atoms with Crippen LogP contribution in [-0.4, -0.2) is 56.4 Å². The number of benzene rings is 2. The number of nitrogens with zero attached hydrogens (tertiary/aromatic N) is 2. The highest BCUT2D eigenvalue weighted by Gasteiger charge is 2.32. The largest absolute Gasteiger partial charge is 0.421 e. The average molecular weight is 441 g/mol. The molecule has 0 N–H and O–H groups in total. The molecule has 2 aromatic carbocycles. The average Bonchev–Trinajstić information content (AvgIpc) is 2.78. The number of carbonyl (C=O) groups excluding carboxylic acids is 1. The molecule has 0 bridgehead atoms. The molecule has 0 aromatic heterocycles. The zero-order chi connectivity index (χ0) is 21.8. The highest BCUT2D eigenvalue weighted by atomic mass is 32.2. The summed E-state index contributed by atoms with van der Waals surface area (Å²) in [7, 11) is -3.72. The maximum atomic E-state index is 12.8. The van der Waals surface area contributed by atoms with E-state index in [9.17, 15) is 13.2 Å². The van der Waals surface area contributed by atoms with Gasteiger partial charge in [0.05, 0.1) is 36.4 Å². The molecular weight excluding hydrogens is 416 g/mol. The molecule has 0 aliphatic carbocycles. The van der Waals surface area contributed by atoms with Crippen LogP contribution in [0.25, 0.3) is 5.76 Å². The lowest BCUT2D eigenvalue weighted by Crippen LogP contribution is -2.35. The molecule has 0 saturated carbocycles. The summed E-state index contributed by atoms with van der Waals surface area (Å²) in [6, 6.07) is 13.7. The highest BCUT2D eigenvalue weighted by Crippen LogP contribution is 2.33. The van der Waals surface area contributed by atoms with E-state index in [-0.39, 0.29) is 17.2 Å². The van der Waals surface area contributed by atoms with E-state index >= 15 is 0 Å². The lowest BCUT2D eigenvalue weighted by Gasteiger charge is -2.27. The molecule has 0 amide bonds. The van der Waals surface area contributed by atoms with E-state index in [1.54, 1.807) is 30.3 Å². The molecule has 0 atom stereocenters. The molecule has 2 aliphatic heterocycles. The Morgan fingerprint density at radius 3 is 2.52 bits per heavy atom. The summed E-state index contributed by atoms with van der Waals surface area (Å²) < 4.78 is 37.7. The lowest BCUT2D eigenvalue weighted by atomic mass is 10.1. The minimum atomic E-state index is -3.72. The van der Waals surface area contributed by atoms with Gasteiger partial charge in [-0.2, -0.15) is 0 Å². The van der Waals surface area contributed by atoms with Crippen molar-refractivity contribution in [2.24, 2.45) is 0 Å². The van der Waals surface area contributed by atoms with Crippen LogP contribution < -0.4 is 0 Å². The molecule has 2 heterocycles. The van der Waals surface area contributed by atoms with Crippen molar-refractivity contribution < 1.29 is 22.7 Å². The van der Waals surface area contributed by atoms with Gasteiger partial charge < -0.3 is 9.47 Å². The van der Waals surface area contributed by atoms with Crippen molar-refractivity contribution >= 4 is 21.8 Å². The minimum Gasteiger partial charge on any atom is -0.421 e. The van der Waals surface area contributed by atoms with Crippen LogP contribution in [-0.2, 0) is 26.0 Å². The summed E-state index contributed by atoms with van der Waals surface area (Å²) in [5.41, 5.74) is 1.86. The number of sulfonamides is 1. The van der Waals surface area contributed by atoms with Crippen LogP contribution in [0, 0.1) is 0 Å². The number of carbonyl (C=O) groups is 1. The zero-order valence-corrected chi connectivity index (χ0v) is 17.9. The maximum absolute atomic E-state index is 12.8. The van der Waals surface area contributed by atoms with Gasteiger partial charge in [0, 0.05) is 25.2 Å². The van der Waals surface area contributed by atoms with E-state index in [2.05, 4.69) is 11.5 Å². The first-order valence-corrected chi connectivity index (χ1v) is 11.5. The number of morpholine rings is 1. The number of esters is 1. The van der Waals surface area contributed by atoms with Crippen molar-refractivity contribution in [1.82, 2.24) is 9.21 Å². The second-order valence-electron chi connectivity index (χ2n) is 7.33. The molecule has 2 aliphatic rings. The second-order valence-corrected chi connectivity index (χ2v) is 9.19. The molecule has 1 fully saturated rings. The second kappa shape index (κ2) is 9.05. The molecule has 1 saturated heterocycles. The van der Waals surface area contributed by atoms with Gasteiger partial charge in [-0.15, -0.1) is 6.58 Å². The Balaban J connectivity index is 1.52. The monoisotopic (exact) mass is 440 g/mol. The van der Waals surface area contributed by atoms with Crippen LogP contribution in [0.3, 0.4) is 0 Å². The van der Waals surface area contributed by atoms with Crippen molar-refractivity contribution in [2.45, 2.75) is 11.4 Å². The number of hydrogen-bond donors (Lipinski definition) is 0. The Bertz CT molecular complexity index is 1100. The minimum absolute atomic E-state index is 0.0773. The molecule has 0 unspecified atom stereocenters. The summed E-state index contributed by atoms with van der Waals surface area (Å²) >= 11 is 0. The van der Waals surface area contributed by atoms with Gasteiger partial charge >= 0.3 is 5.97 Å². The van der Waals surface area contributed by atoms with E-state index in [1.807, 2.05) is 12.1 Å². The van der Waals surface area contributed by atoms with E-state index < -0.39 is 16.0 Å². The third-order valence-corrected chi connectivity index (χ3v) is 7.00. The summed E-state index contributed by atoms with van der Waals surface area (Å²) in [6.07, 6.45) is 2.82. The first kappa shape index (κ1) is 21.3. The topological polar surface area (TPSA) is 76.2 Å². The van der Waals surface area contributed by atoms with Gasteiger partial charge in [0.2, 0.25) is 0 Å². The van der Waals surface area contributed by atoms with Gasteiger partial charge in [-0.1, -0.05) is 30.3 Å². The van der Waals surface area contributed by atoms with Gasteiger partial charge in [0.25, 0.3) is 10.0 Å². The summed E-state index contributed by atoms with van der Waals surface area (Å²) in [6.45, 7) is 7.73. The van der Waals surface area contributed by atoms with Crippen molar-refractivity contribution in [3.8, 4) is 0 Å². The first-order chi connectivity index (χ1) is 15.0. The van der Waals surface area contributed by atoms with Crippen molar-refractivity contribution in [1.29, 1.82) is 0 Å². The fraction of sp³-hybridized carbons (Fsp3) is 0.261. The van der Waals surface area contributed by atoms with Gasteiger partial charge in [-0.3, -0.25) is 9.21 Å². The molecule has 7 nitrogen and oxygen atoms in total. The Hall–Kier alpha value is -2.94. The van der Waals surface area contributed by atoms with Crippen LogP contribution in [0.1, 0.15) is 21.5 Å². The summed E-state index contributed by atoms with van der Waals surface area (Å²) in [4.78, 5) is 15.2. The molecule has 162 valence electrons. The molecule has 0 spiro atoms. The first-order valence-electron chi connectivity index (χ1n) is 10.0. The Labute approximate surface area is 182 Å². The van der Waals surface area contributed by atoms with Gasteiger partial charge in [-0.05, 0) is 29.8 Å². The molecular formula is C23H24N2O5S. The summed E-state index contributed by atoms with van der Waals surface area (Å²) in [5.74, 6) is -0.355. The van der Waals surface area contributed by atoms with Gasteiger partial charge in [0.1, 0.15) is 0 Å². The van der Waals surface area contributed by atoms with Gasteiger partial charge in [0.15, 0.2) is 5.76 Å². The van der Waals surface area contributed by atoms with Crippen molar-refractivity contribution in [2.75, 3.05) is 32.8 Å². The Morgan fingerprint density at radius 2 is 1.81 bits per heavy atom. The molecule has 8 heteroatoms. The predicted molar refractivity (Wildman–Crippen MR) is 116 cm³/mol. The van der Waals surface area contributed by atoms with Crippen molar-refractivity contribution in [3.05, 3.63) is 84.1 Å². The number of fused-ring (bicyclic) bond motifs is 1. The fourth-order valence-corrected chi connectivity index (χ4v) is 5.06. The van der Waals surface area contributed by atoms with Gasteiger partial charge in [-0.25, -0.2) is 13.2 Å². The van der Waals surface area contributed by atoms with Crippen molar-refractivity contribution in [3.63, 3.8) is 0 Å². The Kier molecular flexibility index (Phi) is 6.22. The fourth-order valence-electron chi connectivity index (χ4n) is 3.57. The van der Waals surface area contributed by atoms with E-state index in [4.69, 9.17) is 9.47 Å². The third-order valence-electron chi connectivity index (χ3n) is 5.21. The maximum Gasteiger partial charge on any atom is 0.343 e. The van der Waals surface area contributed by atoms with Crippen LogP contribution in [0.4, 0.5) is 0 Å². The number of rotatable bonds is 6. The number of ether oxygens (including phenoxy) is 2. The SMILES string of the molecule is C=CCN1C=C(OC(=O)c2ccc(CN3CCOCC3)cc2)c2ccccc2S1(=O)=O. The molecule has 0 radical (unpaired) electrons. The van der Waals surface area contributed by atoms with E-state index in [1.165, 1.54) is 18.3 Å². The van der Waals surface area contributed by atoms with E-state index in [0.29, 0.717) is 11.1 Å². The van der Waals surface area contributed by atoms with Crippen LogP contribution in [0.2, 0.25) is 0 Å². The standard InChI is InChI=1S/C23H24N2O5S/c1-2-11-25-17-21(20-5-3-4-6-22(20)31(25,27)28)30-23(26)19-9-7-18(8-10-19)16-24-12-14-29-15-13-24/h2-10,17H,1,11-16H2. The zero-order valence-electron chi connectivity index (χ0n) is 17.1. The third kappa shape index (κ3) is 4.56. The normalized spacial score (nSPS) is 18.1. The number of hydrogen-bond acceptors (Lipinski definition) is 6. The highest BCUT2D eigenvalue weighted by molar-refractivity contribution is 7.89. The van der Waals surface area contributed by atoms with Crippen LogP contribution >= 0.6 is 0 Å².